The largest absolute Gasteiger partial charge is 0.507 e. The molecule has 5 N–H and O–H groups in total. The molecule has 424 valence electrons. The normalized spacial score (nSPS) is 16.8. The molecular weight excluding hydrogens is 993 g/mol. The third-order valence-electron chi connectivity index (χ3n) is 13.4. The third kappa shape index (κ3) is 24.2. The maximum Gasteiger partial charge on any atom is 0.408 e. The monoisotopic (exact) mass is 1080 g/mol. The van der Waals surface area contributed by atoms with E-state index in [9.17, 15) is 39.1 Å². The van der Waals surface area contributed by atoms with E-state index in [1.54, 1.807) is 48.5 Å². The number of ether oxygens (including phenoxy) is 4. The molecule has 2 aliphatic heterocycles. The molecule has 4 rings (SSSR count). The van der Waals surface area contributed by atoms with Crippen LogP contribution < -0.4 is 16.0 Å². The summed E-state index contributed by atoms with van der Waals surface area (Å²) in [6.07, 6.45) is 15.2. The molecule has 5 atom stereocenters. The van der Waals surface area contributed by atoms with Gasteiger partial charge in [-0.3, -0.25) is 24.4 Å². The lowest BCUT2D eigenvalue weighted by molar-refractivity contribution is -0.223. The van der Waals surface area contributed by atoms with Gasteiger partial charge in [0.05, 0.1) is 5.56 Å². The van der Waals surface area contributed by atoms with Crippen molar-refractivity contribution in [2.24, 2.45) is 4.99 Å². The van der Waals surface area contributed by atoms with Gasteiger partial charge in [0.25, 0.3) is 5.91 Å². The standard InChI is InChI=1S/C56H88N6O13Si/c1-6-7-8-9-10-11-12-13-14-15-16-17-21-34-49(64)62(74-41-71-37-38-76(3,4)5)36-27-25-32-46(58-51(65)47-40-72-53(59-47)44-30-22-23-33-48(44)63)55(68)75-42(2)50(60-56(69)73-39-43-28-19-18-20-29-43)52(66)57-45-31-24-26-35-61(70)54(45)67/h18-20,22-23,28-30,33,42,45-47,50,63,70H,6-17,21,24-27,31-32,34-41H2,1-5H3,(H,57,66)(H,58,65)(H,60,69)/t42-,45+,46+,47+,50+/m1/s1. The fourth-order valence-electron chi connectivity index (χ4n) is 8.69. The predicted molar refractivity (Wildman–Crippen MR) is 291 cm³/mol. The number of carbonyl (C=O) groups excluding carboxylic acids is 6. The Balaban J connectivity index is 1.44. The van der Waals surface area contributed by atoms with E-state index in [2.05, 4.69) is 47.5 Å². The molecule has 2 heterocycles. The number of phenols is 1. The summed E-state index contributed by atoms with van der Waals surface area (Å²) >= 11 is 0. The number of esters is 1. The number of aliphatic imine (C=N–C) groups is 1. The summed E-state index contributed by atoms with van der Waals surface area (Å²) in [4.78, 5) is 92.3. The SMILES string of the molecule is CCCCCCCCCCCCCCCC(=O)N(CCCC[C@H](NC(=O)[C@@H]1COC(c2ccccc2O)=N1)C(=O)O[C@H](C)[C@H](NC(=O)OCc1ccccc1)C(=O)N[C@H]1CCCCN(O)C1=O)OCOCC[Si](C)(C)C. The van der Waals surface area contributed by atoms with Crippen LogP contribution in [0.3, 0.4) is 0 Å². The van der Waals surface area contributed by atoms with E-state index in [4.69, 9.17) is 23.8 Å². The second kappa shape index (κ2) is 35.0. The number of alkyl carbamates (subject to hydrolysis) is 1. The van der Waals surface area contributed by atoms with E-state index < -0.39 is 68.1 Å². The maximum atomic E-state index is 14.3. The molecule has 76 heavy (non-hydrogen) atoms. The van der Waals surface area contributed by atoms with Gasteiger partial charge < -0.3 is 40.0 Å². The van der Waals surface area contributed by atoms with Gasteiger partial charge in [-0.25, -0.2) is 29.5 Å². The Hall–Kier alpha value is -5.57. The highest BCUT2D eigenvalue weighted by atomic mass is 28.3. The van der Waals surface area contributed by atoms with Crippen LogP contribution in [0.1, 0.15) is 153 Å². The van der Waals surface area contributed by atoms with Crippen molar-refractivity contribution < 1.29 is 62.9 Å². The molecule has 2 aromatic rings. The van der Waals surface area contributed by atoms with Crippen molar-refractivity contribution >= 4 is 49.7 Å². The average Bonchev–Trinajstić information content (AvgIpc) is 3.84. The number of benzene rings is 2. The van der Waals surface area contributed by atoms with E-state index in [0.29, 0.717) is 49.3 Å². The van der Waals surface area contributed by atoms with Crippen molar-refractivity contribution in [2.45, 2.75) is 205 Å². The van der Waals surface area contributed by atoms with Gasteiger partial charge in [-0.1, -0.05) is 146 Å². The molecule has 1 fully saturated rings. The van der Waals surface area contributed by atoms with Crippen LogP contribution in [0.2, 0.25) is 25.7 Å². The first-order valence-corrected chi connectivity index (χ1v) is 31.6. The molecular formula is C56H88N6O13Si. The highest BCUT2D eigenvalue weighted by Gasteiger charge is 2.37. The summed E-state index contributed by atoms with van der Waals surface area (Å²) in [7, 11) is -1.37. The molecule has 0 bridgehead atoms. The summed E-state index contributed by atoms with van der Waals surface area (Å²) in [5, 5.41) is 30.3. The molecule has 0 unspecified atom stereocenters. The van der Waals surface area contributed by atoms with Crippen LogP contribution in [0.4, 0.5) is 4.79 Å². The van der Waals surface area contributed by atoms with Crippen molar-refractivity contribution in [3.63, 3.8) is 0 Å². The number of hydrogen-bond donors (Lipinski definition) is 5. The first-order valence-electron chi connectivity index (χ1n) is 27.8. The molecule has 1 saturated heterocycles. The van der Waals surface area contributed by atoms with Crippen LogP contribution in [0.5, 0.6) is 5.75 Å². The molecule has 2 aliphatic rings. The number of rotatable bonds is 36. The van der Waals surface area contributed by atoms with Gasteiger partial charge in [0, 0.05) is 34.2 Å². The highest BCUT2D eigenvalue weighted by molar-refractivity contribution is 6.76. The zero-order chi connectivity index (χ0) is 55.1. The number of hydrogen-bond acceptors (Lipinski definition) is 14. The van der Waals surface area contributed by atoms with Crippen LogP contribution in [0.15, 0.2) is 59.6 Å². The minimum Gasteiger partial charge on any atom is -0.507 e. The third-order valence-corrected chi connectivity index (χ3v) is 15.1. The molecule has 2 aromatic carbocycles. The first-order chi connectivity index (χ1) is 36.6. The molecule has 20 heteroatoms. The summed E-state index contributed by atoms with van der Waals surface area (Å²) in [5.41, 5.74) is 0.962. The van der Waals surface area contributed by atoms with Gasteiger partial charge in [-0.05, 0) is 75.6 Å². The lowest BCUT2D eigenvalue weighted by atomic mass is 10.0. The van der Waals surface area contributed by atoms with Gasteiger partial charge in [0.2, 0.25) is 23.6 Å². The lowest BCUT2D eigenvalue weighted by Gasteiger charge is -2.28. The molecule has 0 radical (unpaired) electrons. The van der Waals surface area contributed by atoms with Crippen molar-refractivity contribution in [2.75, 3.05) is 33.1 Å². The van der Waals surface area contributed by atoms with Crippen LogP contribution >= 0.6 is 0 Å². The average molecular weight is 1080 g/mol. The van der Waals surface area contributed by atoms with Crippen LogP contribution in [-0.4, -0.2) is 133 Å². The van der Waals surface area contributed by atoms with Crippen molar-refractivity contribution in [3.8, 4) is 5.75 Å². The van der Waals surface area contributed by atoms with Gasteiger partial charge >= 0.3 is 12.1 Å². The van der Waals surface area contributed by atoms with Crippen molar-refractivity contribution in [1.29, 1.82) is 0 Å². The zero-order valence-corrected chi connectivity index (χ0v) is 46.9. The number of nitrogens with zero attached hydrogens (tertiary/aromatic N) is 3. The second-order valence-electron chi connectivity index (χ2n) is 21.1. The Morgan fingerprint density at radius 3 is 2.18 bits per heavy atom. The molecule has 0 aliphatic carbocycles. The Morgan fingerprint density at radius 1 is 0.855 bits per heavy atom. The number of amides is 5. The molecule has 5 amide bonds. The summed E-state index contributed by atoms with van der Waals surface area (Å²) in [6, 6.07) is 11.0. The number of para-hydroxylation sites is 1. The van der Waals surface area contributed by atoms with Crippen LogP contribution in [-0.2, 0) is 54.4 Å². The molecule has 0 saturated carbocycles. The van der Waals surface area contributed by atoms with E-state index >= 15 is 0 Å². The first kappa shape index (κ1) is 63.0. The minimum absolute atomic E-state index is 0.0147. The van der Waals surface area contributed by atoms with E-state index in [0.717, 1.165) is 31.7 Å². The molecule has 19 nitrogen and oxygen atoms in total. The van der Waals surface area contributed by atoms with Gasteiger partial charge in [-0.2, -0.15) is 0 Å². The number of carbonyl (C=O) groups is 6. The highest BCUT2D eigenvalue weighted by Crippen LogP contribution is 2.22. The van der Waals surface area contributed by atoms with Gasteiger partial charge in [0.1, 0.15) is 43.2 Å². The number of unbranched alkanes of at least 4 members (excludes halogenated alkanes) is 13. The van der Waals surface area contributed by atoms with Gasteiger partial charge in [0.15, 0.2) is 12.8 Å². The minimum atomic E-state index is -1.60. The predicted octanol–water partition coefficient (Wildman–Crippen LogP) is 8.86. The fraction of sp³-hybridized carbons (Fsp3) is 0.661. The van der Waals surface area contributed by atoms with E-state index in [-0.39, 0.29) is 69.1 Å². The summed E-state index contributed by atoms with van der Waals surface area (Å²) in [6.45, 7) is 10.7. The van der Waals surface area contributed by atoms with Gasteiger partial charge in [-0.15, -0.1) is 0 Å². The Morgan fingerprint density at radius 2 is 1.51 bits per heavy atom. The van der Waals surface area contributed by atoms with Crippen molar-refractivity contribution in [1.82, 2.24) is 26.1 Å². The Labute approximate surface area is 451 Å². The lowest BCUT2D eigenvalue weighted by Crippen LogP contribution is -2.58. The topological polar surface area (TPSA) is 244 Å². The fourth-order valence-corrected chi connectivity index (χ4v) is 9.45. The summed E-state index contributed by atoms with van der Waals surface area (Å²) in [5.74, 6) is -3.45. The van der Waals surface area contributed by atoms with Crippen LogP contribution in [0.25, 0.3) is 0 Å². The summed E-state index contributed by atoms with van der Waals surface area (Å²) < 4.78 is 22.8. The quantitative estimate of drug-likeness (QED) is 0.0107. The number of nitrogens with one attached hydrogen (secondary N) is 3. The van der Waals surface area contributed by atoms with E-state index in [1.807, 2.05) is 0 Å². The smallest absolute Gasteiger partial charge is 0.408 e. The molecule has 0 aromatic heterocycles. The maximum absolute atomic E-state index is 14.3. The number of phenolic OH excluding ortho intramolecular Hbond substituents is 1. The Kier molecular flexibility index (Phi) is 29.0. The van der Waals surface area contributed by atoms with Crippen molar-refractivity contribution in [3.05, 3.63) is 65.7 Å². The van der Waals surface area contributed by atoms with E-state index in [1.165, 1.54) is 75.8 Å². The molecule has 0 spiro atoms. The number of aromatic hydroxyl groups is 1. The second-order valence-corrected chi connectivity index (χ2v) is 26.8. The Bertz CT molecular complexity index is 2110. The van der Waals surface area contributed by atoms with Crippen LogP contribution in [0, 0.1) is 0 Å². The zero-order valence-electron chi connectivity index (χ0n) is 45.9. The number of hydroxylamine groups is 4.